The molecule has 0 spiro atoms. The fraction of sp³-hybridized carbons (Fsp3) is 0.300. The number of rotatable bonds is 4. The Morgan fingerprint density at radius 1 is 0.962 bits per heavy atom. The number of carbonyl (C=O) groups excluding carboxylic acids is 2. The molecule has 0 radical (unpaired) electrons. The van der Waals surface area contributed by atoms with E-state index in [1.54, 1.807) is 43.3 Å². The molecule has 0 aromatic heterocycles. The van der Waals surface area contributed by atoms with Crippen molar-refractivity contribution in [2.75, 3.05) is 0 Å². The topological polar surface area (TPSA) is 67.4 Å². The van der Waals surface area contributed by atoms with E-state index in [9.17, 15) is 9.59 Å². The Kier molecular flexibility index (Phi) is 6.27. The van der Waals surface area contributed by atoms with Gasteiger partial charge < -0.3 is 4.74 Å². The van der Waals surface area contributed by atoms with Gasteiger partial charge in [-0.3, -0.25) is 20.4 Å². The number of hydrogen-bond acceptors (Lipinski definition) is 3. The molecule has 2 rings (SSSR count). The van der Waals surface area contributed by atoms with Crippen LogP contribution < -0.4 is 15.6 Å². The summed E-state index contributed by atoms with van der Waals surface area (Å²) in [7, 11) is 0. The van der Waals surface area contributed by atoms with Crippen LogP contribution in [0.4, 0.5) is 0 Å². The molecule has 0 fully saturated rings. The van der Waals surface area contributed by atoms with Crippen molar-refractivity contribution in [1.29, 1.82) is 0 Å². The van der Waals surface area contributed by atoms with Crippen LogP contribution in [0.5, 0.6) is 5.75 Å². The van der Waals surface area contributed by atoms with Crippen molar-refractivity contribution in [1.82, 2.24) is 10.9 Å². The van der Waals surface area contributed by atoms with Gasteiger partial charge in [-0.2, -0.15) is 0 Å². The van der Waals surface area contributed by atoms with Gasteiger partial charge in [0.15, 0.2) is 6.10 Å². The average Bonchev–Trinajstić information content (AvgIpc) is 2.60. The summed E-state index contributed by atoms with van der Waals surface area (Å²) in [6.07, 6.45) is -0.778. The van der Waals surface area contributed by atoms with Crippen LogP contribution in [0, 0.1) is 0 Å². The summed E-state index contributed by atoms with van der Waals surface area (Å²) in [5.41, 5.74) is 6.36. The highest BCUT2D eigenvalue weighted by molar-refractivity contribution is 6.30. The van der Waals surface area contributed by atoms with Crippen LogP contribution in [0.1, 0.15) is 43.6 Å². The first-order valence-corrected chi connectivity index (χ1v) is 8.67. The summed E-state index contributed by atoms with van der Waals surface area (Å²) in [6, 6.07) is 14.0. The minimum absolute atomic E-state index is 0.0116. The fourth-order valence-corrected chi connectivity index (χ4v) is 2.31. The molecule has 26 heavy (non-hydrogen) atoms. The zero-order valence-corrected chi connectivity index (χ0v) is 16.1. The van der Waals surface area contributed by atoms with Crippen LogP contribution in [0.2, 0.25) is 5.02 Å². The van der Waals surface area contributed by atoms with Crippen LogP contribution in [-0.4, -0.2) is 17.9 Å². The van der Waals surface area contributed by atoms with Crippen molar-refractivity contribution >= 4 is 23.4 Å². The number of amides is 2. The molecule has 6 heteroatoms. The Bertz CT molecular complexity index is 765. The predicted molar refractivity (Wildman–Crippen MR) is 102 cm³/mol. The van der Waals surface area contributed by atoms with Gasteiger partial charge in [-0.15, -0.1) is 0 Å². The first kappa shape index (κ1) is 19.8. The number of hydrogen-bond donors (Lipinski definition) is 2. The molecular weight excluding hydrogens is 352 g/mol. The Morgan fingerprint density at radius 2 is 1.54 bits per heavy atom. The molecule has 1 unspecified atom stereocenters. The van der Waals surface area contributed by atoms with Crippen LogP contribution in [0.25, 0.3) is 0 Å². The first-order chi connectivity index (χ1) is 12.2. The molecule has 2 aromatic carbocycles. The van der Waals surface area contributed by atoms with Gasteiger partial charge in [0.05, 0.1) is 0 Å². The number of ether oxygens (including phenoxy) is 1. The van der Waals surface area contributed by atoms with E-state index in [1.807, 2.05) is 12.1 Å². The molecule has 0 saturated carbocycles. The lowest BCUT2D eigenvalue weighted by Crippen LogP contribution is -2.47. The molecule has 138 valence electrons. The van der Waals surface area contributed by atoms with Crippen LogP contribution in [-0.2, 0) is 10.2 Å². The van der Waals surface area contributed by atoms with Crippen LogP contribution in [0.3, 0.4) is 0 Å². The monoisotopic (exact) mass is 374 g/mol. The Labute approximate surface area is 158 Å². The second kappa shape index (κ2) is 8.23. The molecule has 0 heterocycles. The number of benzene rings is 2. The summed E-state index contributed by atoms with van der Waals surface area (Å²) in [6.45, 7) is 7.90. The van der Waals surface area contributed by atoms with E-state index in [4.69, 9.17) is 16.3 Å². The fourth-order valence-electron chi connectivity index (χ4n) is 2.18. The third kappa shape index (κ3) is 5.49. The maximum atomic E-state index is 12.1. The molecule has 0 aliphatic rings. The predicted octanol–water partition coefficient (Wildman–Crippen LogP) is 3.87. The molecule has 0 saturated heterocycles. The van der Waals surface area contributed by atoms with E-state index >= 15 is 0 Å². The van der Waals surface area contributed by atoms with Gasteiger partial charge in [0.25, 0.3) is 11.8 Å². The summed E-state index contributed by atoms with van der Waals surface area (Å²) < 4.78 is 5.50. The molecule has 0 aliphatic heterocycles. The highest BCUT2D eigenvalue weighted by atomic mass is 35.5. The zero-order valence-electron chi connectivity index (χ0n) is 15.3. The highest BCUT2D eigenvalue weighted by Gasteiger charge is 2.17. The van der Waals surface area contributed by atoms with Crippen molar-refractivity contribution in [2.24, 2.45) is 0 Å². The van der Waals surface area contributed by atoms with Crippen molar-refractivity contribution in [3.05, 3.63) is 64.7 Å². The van der Waals surface area contributed by atoms with Gasteiger partial charge >= 0.3 is 0 Å². The zero-order chi connectivity index (χ0) is 19.3. The lowest BCUT2D eigenvalue weighted by molar-refractivity contribution is -0.128. The van der Waals surface area contributed by atoms with E-state index in [0.29, 0.717) is 16.3 Å². The average molecular weight is 375 g/mol. The lowest BCUT2D eigenvalue weighted by atomic mass is 9.87. The minimum Gasteiger partial charge on any atom is -0.481 e. The summed E-state index contributed by atoms with van der Waals surface area (Å²) in [4.78, 5) is 24.2. The van der Waals surface area contributed by atoms with Crippen LogP contribution >= 0.6 is 11.6 Å². The van der Waals surface area contributed by atoms with Crippen molar-refractivity contribution in [3.63, 3.8) is 0 Å². The van der Waals surface area contributed by atoms with E-state index < -0.39 is 17.9 Å². The van der Waals surface area contributed by atoms with E-state index in [1.165, 1.54) is 0 Å². The third-order valence-corrected chi connectivity index (χ3v) is 4.06. The number of carbonyl (C=O) groups is 2. The van der Waals surface area contributed by atoms with E-state index in [0.717, 1.165) is 5.56 Å². The summed E-state index contributed by atoms with van der Waals surface area (Å²) in [5, 5.41) is 0.583. The molecule has 0 bridgehead atoms. The van der Waals surface area contributed by atoms with Gasteiger partial charge in [0.1, 0.15) is 5.75 Å². The molecule has 1 atom stereocenters. The van der Waals surface area contributed by atoms with Crippen molar-refractivity contribution in [3.8, 4) is 5.75 Å². The quantitative estimate of drug-likeness (QED) is 0.798. The standard InChI is InChI=1S/C20H23ClN2O3/c1-13(26-17-11-9-16(21)10-12-17)18(24)22-23-19(25)14-5-7-15(8-6-14)20(2,3)4/h5-13H,1-4H3,(H,22,24)(H,23,25). The Hall–Kier alpha value is -2.53. The first-order valence-electron chi connectivity index (χ1n) is 8.30. The lowest BCUT2D eigenvalue weighted by Gasteiger charge is -2.19. The maximum absolute atomic E-state index is 12.1. The summed E-state index contributed by atoms with van der Waals surface area (Å²) >= 11 is 5.81. The summed E-state index contributed by atoms with van der Waals surface area (Å²) in [5.74, 6) is -0.335. The van der Waals surface area contributed by atoms with Crippen molar-refractivity contribution < 1.29 is 14.3 Å². The van der Waals surface area contributed by atoms with Gasteiger partial charge in [0.2, 0.25) is 0 Å². The molecule has 2 amide bonds. The number of hydrazine groups is 1. The van der Waals surface area contributed by atoms with Gasteiger partial charge in [-0.1, -0.05) is 44.5 Å². The number of nitrogens with one attached hydrogen (secondary N) is 2. The van der Waals surface area contributed by atoms with Gasteiger partial charge in [0, 0.05) is 10.6 Å². The SMILES string of the molecule is CC(Oc1ccc(Cl)cc1)C(=O)NNC(=O)c1ccc(C(C)(C)C)cc1. The Morgan fingerprint density at radius 3 is 2.08 bits per heavy atom. The molecule has 2 N–H and O–H groups in total. The molecule has 5 nitrogen and oxygen atoms in total. The van der Waals surface area contributed by atoms with E-state index in [2.05, 4.69) is 31.6 Å². The Balaban J connectivity index is 1.87. The maximum Gasteiger partial charge on any atom is 0.279 e. The minimum atomic E-state index is -0.778. The van der Waals surface area contributed by atoms with Crippen LogP contribution in [0.15, 0.2) is 48.5 Å². The van der Waals surface area contributed by atoms with Gasteiger partial charge in [-0.05, 0) is 54.3 Å². The molecule has 0 aliphatic carbocycles. The second-order valence-electron chi connectivity index (χ2n) is 6.98. The third-order valence-electron chi connectivity index (χ3n) is 3.81. The highest BCUT2D eigenvalue weighted by Crippen LogP contribution is 2.22. The molecular formula is C20H23ClN2O3. The molecule has 2 aromatic rings. The van der Waals surface area contributed by atoms with Crippen molar-refractivity contribution in [2.45, 2.75) is 39.2 Å². The smallest absolute Gasteiger partial charge is 0.279 e. The van der Waals surface area contributed by atoms with Gasteiger partial charge in [-0.25, -0.2) is 0 Å². The van der Waals surface area contributed by atoms with E-state index in [-0.39, 0.29) is 5.41 Å². The number of halogens is 1. The normalized spacial score (nSPS) is 12.2. The largest absolute Gasteiger partial charge is 0.481 e. The second-order valence-corrected chi connectivity index (χ2v) is 7.42.